The lowest BCUT2D eigenvalue weighted by atomic mass is 9.86. The number of thiazole rings is 1. The van der Waals surface area contributed by atoms with Crippen molar-refractivity contribution in [1.29, 1.82) is 0 Å². The molecule has 0 aliphatic heterocycles. The second-order valence-corrected chi connectivity index (χ2v) is 8.19. The summed E-state index contributed by atoms with van der Waals surface area (Å²) in [6, 6.07) is -0.0718. The van der Waals surface area contributed by atoms with Gasteiger partial charge in [-0.1, -0.05) is 19.8 Å². The Morgan fingerprint density at radius 1 is 1.45 bits per heavy atom. The molecule has 0 saturated heterocycles. The van der Waals surface area contributed by atoms with Crippen molar-refractivity contribution in [2.45, 2.75) is 42.9 Å². The Morgan fingerprint density at radius 2 is 2.10 bits per heavy atom. The lowest BCUT2D eigenvalue weighted by Gasteiger charge is -2.35. The molecule has 0 amide bonds. The van der Waals surface area contributed by atoms with Gasteiger partial charge in [0.25, 0.3) is 10.0 Å². The molecule has 2 atom stereocenters. The van der Waals surface area contributed by atoms with Gasteiger partial charge in [-0.05, 0) is 18.8 Å². The summed E-state index contributed by atoms with van der Waals surface area (Å²) in [5, 5.41) is 9.02. The molecule has 1 aromatic heterocycles. The predicted molar refractivity (Wildman–Crippen MR) is 75.4 cm³/mol. The van der Waals surface area contributed by atoms with E-state index in [2.05, 4.69) is 4.98 Å². The highest BCUT2D eigenvalue weighted by Crippen LogP contribution is 2.32. The molecular formula is C12H18N2O4S2. The van der Waals surface area contributed by atoms with Gasteiger partial charge in [0.2, 0.25) is 0 Å². The Labute approximate surface area is 122 Å². The van der Waals surface area contributed by atoms with Gasteiger partial charge in [-0.15, -0.1) is 11.3 Å². The highest BCUT2D eigenvalue weighted by atomic mass is 32.2. The van der Waals surface area contributed by atoms with Crippen LogP contribution in [0.4, 0.5) is 0 Å². The number of rotatable bonds is 4. The molecule has 1 aromatic rings. The molecule has 0 aromatic carbocycles. The number of hydrogen-bond donors (Lipinski definition) is 1. The molecule has 1 aliphatic carbocycles. The van der Waals surface area contributed by atoms with Crippen molar-refractivity contribution in [2.75, 3.05) is 7.05 Å². The molecule has 1 saturated carbocycles. The van der Waals surface area contributed by atoms with Crippen LogP contribution in [-0.4, -0.2) is 41.9 Å². The Morgan fingerprint density at radius 3 is 2.70 bits per heavy atom. The van der Waals surface area contributed by atoms with Crippen LogP contribution in [0.15, 0.2) is 9.72 Å². The van der Waals surface area contributed by atoms with Crippen molar-refractivity contribution in [3.63, 3.8) is 0 Å². The Kier molecular flexibility index (Phi) is 4.46. The summed E-state index contributed by atoms with van der Waals surface area (Å²) in [6.45, 7) is 2.04. The fourth-order valence-electron chi connectivity index (χ4n) is 2.71. The first-order valence-corrected chi connectivity index (χ1v) is 8.82. The van der Waals surface area contributed by atoms with Crippen LogP contribution >= 0.6 is 11.3 Å². The van der Waals surface area contributed by atoms with E-state index in [0.717, 1.165) is 37.0 Å². The summed E-state index contributed by atoms with van der Waals surface area (Å²) in [7, 11) is -2.26. The third-order valence-corrected chi connectivity index (χ3v) is 7.11. The number of carbonyl (C=O) groups is 1. The fraction of sp³-hybridized carbons (Fsp3) is 0.667. The van der Waals surface area contributed by atoms with Crippen molar-refractivity contribution >= 4 is 27.3 Å². The molecule has 1 N–H and O–H groups in total. The molecular weight excluding hydrogens is 300 g/mol. The molecule has 0 spiro atoms. The fourth-order valence-corrected chi connectivity index (χ4v) is 5.50. The Bertz CT molecular complexity index is 596. The van der Waals surface area contributed by atoms with Crippen LogP contribution in [0, 0.1) is 5.92 Å². The first kappa shape index (κ1) is 15.4. The summed E-state index contributed by atoms with van der Waals surface area (Å²) in [4.78, 5) is 14.7. The number of hydrogen-bond acceptors (Lipinski definition) is 5. The van der Waals surface area contributed by atoms with Crippen molar-refractivity contribution in [3.05, 3.63) is 11.2 Å². The van der Waals surface area contributed by atoms with Gasteiger partial charge in [0.1, 0.15) is 0 Å². The summed E-state index contributed by atoms with van der Waals surface area (Å²) < 4.78 is 26.3. The van der Waals surface area contributed by atoms with Crippen LogP contribution in [0.3, 0.4) is 0 Å². The van der Waals surface area contributed by atoms with Crippen LogP contribution in [0.1, 0.15) is 43.1 Å². The van der Waals surface area contributed by atoms with E-state index < -0.39 is 16.0 Å². The van der Waals surface area contributed by atoms with E-state index in [4.69, 9.17) is 5.11 Å². The second-order valence-electron chi connectivity index (χ2n) is 5.14. The van der Waals surface area contributed by atoms with Gasteiger partial charge in [0.05, 0.1) is 5.51 Å². The summed E-state index contributed by atoms with van der Waals surface area (Å²) in [6.07, 6.45) is 3.94. The summed E-state index contributed by atoms with van der Waals surface area (Å²) in [5.74, 6) is -1.03. The van der Waals surface area contributed by atoms with Crippen LogP contribution in [0.25, 0.3) is 0 Å². The minimum atomic E-state index is -3.80. The summed E-state index contributed by atoms with van der Waals surface area (Å²) in [5.41, 5.74) is 0.874. The first-order chi connectivity index (χ1) is 9.35. The largest absolute Gasteiger partial charge is 0.476 e. The van der Waals surface area contributed by atoms with Gasteiger partial charge in [-0.25, -0.2) is 18.2 Å². The Balaban J connectivity index is 2.34. The zero-order chi connectivity index (χ0) is 14.9. The lowest BCUT2D eigenvalue weighted by molar-refractivity contribution is 0.0687. The molecule has 1 heterocycles. The third kappa shape index (κ3) is 2.72. The van der Waals surface area contributed by atoms with E-state index in [0.29, 0.717) is 0 Å². The molecule has 8 heteroatoms. The van der Waals surface area contributed by atoms with Crippen LogP contribution in [0.5, 0.6) is 0 Å². The molecule has 6 nitrogen and oxygen atoms in total. The van der Waals surface area contributed by atoms with E-state index in [1.54, 1.807) is 0 Å². The van der Waals surface area contributed by atoms with Crippen molar-refractivity contribution in [2.24, 2.45) is 5.92 Å². The zero-order valence-corrected chi connectivity index (χ0v) is 13.1. The molecule has 0 bridgehead atoms. The molecule has 1 fully saturated rings. The molecule has 20 heavy (non-hydrogen) atoms. The van der Waals surface area contributed by atoms with Gasteiger partial charge >= 0.3 is 5.97 Å². The zero-order valence-electron chi connectivity index (χ0n) is 11.4. The van der Waals surface area contributed by atoms with Gasteiger partial charge in [-0.3, -0.25) is 0 Å². The topological polar surface area (TPSA) is 87.6 Å². The van der Waals surface area contributed by atoms with Crippen LogP contribution < -0.4 is 0 Å². The lowest BCUT2D eigenvalue weighted by Crippen LogP contribution is -2.42. The van der Waals surface area contributed by atoms with Crippen LogP contribution in [-0.2, 0) is 10.0 Å². The normalized spacial score (nSPS) is 23.9. The van der Waals surface area contributed by atoms with Crippen molar-refractivity contribution in [3.8, 4) is 0 Å². The highest BCUT2D eigenvalue weighted by Gasteiger charge is 2.36. The number of sulfonamides is 1. The van der Waals surface area contributed by atoms with Gasteiger partial charge in [0, 0.05) is 13.1 Å². The monoisotopic (exact) mass is 318 g/mol. The Hall–Kier alpha value is -0.990. The highest BCUT2D eigenvalue weighted by molar-refractivity contribution is 7.91. The summed E-state index contributed by atoms with van der Waals surface area (Å²) >= 11 is 0.857. The predicted octanol–water partition coefficient (Wildman–Crippen LogP) is 2.04. The van der Waals surface area contributed by atoms with Gasteiger partial charge in [-0.2, -0.15) is 4.31 Å². The van der Waals surface area contributed by atoms with E-state index in [1.165, 1.54) is 16.9 Å². The molecule has 0 radical (unpaired) electrons. The van der Waals surface area contributed by atoms with E-state index in [-0.39, 0.29) is 21.9 Å². The quantitative estimate of drug-likeness (QED) is 0.918. The first-order valence-electron chi connectivity index (χ1n) is 6.50. The SMILES string of the molecule is CC1CCCCC1N(C)S(=O)(=O)c1scnc1C(=O)O. The van der Waals surface area contributed by atoms with E-state index in [9.17, 15) is 13.2 Å². The number of aromatic carboxylic acids is 1. The van der Waals surface area contributed by atoms with E-state index in [1.807, 2.05) is 6.92 Å². The number of aromatic nitrogens is 1. The second kappa shape index (κ2) is 5.79. The average molecular weight is 318 g/mol. The number of carboxylic acid groups (broad SMARTS) is 1. The molecule has 112 valence electrons. The van der Waals surface area contributed by atoms with E-state index >= 15 is 0 Å². The van der Waals surface area contributed by atoms with Crippen LogP contribution in [0.2, 0.25) is 0 Å². The average Bonchev–Trinajstić information content (AvgIpc) is 2.88. The van der Waals surface area contributed by atoms with Gasteiger partial charge in [0.15, 0.2) is 9.90 Å². The maximum atomic E-state index is 12.6. The maximum Gasteiger partial charge on any atom is 0.356 e. The maximum absolute atomic E-state index is 12.6. The molecule has 2 rings (SSSR count). The van der Waals surface area contributed by atoms with Crippen molar-refractivity contribution < 1.29 is 18.3 Å². The smallest absolute Gasteiger partial charge is 0.356 e. The number of nitrogens with zero attached hydrogens (tertiary/aromatic N) is 2. The standard InChI is InChI=1S/C12H18N2O4S2/c1-8-5-3-4-6-9(8)14(2)20(17,18)12-10(11(15)16)13-7-19-12/h7-9H,3-6H2,1-2H3,(H,15,16). The third-order valence-electron chi connectivity index (χ3n) is 3.88. The molecule has 2 unspecified atom stereocenters. The minimum Gasteiger partial charge on any atom is -0.476 e. The van der Waals surface area contributed by atoms with Gasteiger partial charge < -0.3 is 5.11 Å². The number of carboxylic acids is 1. The minimum absolute atomic E-state index is 0.0718. The molecule has 1 aliphatic rings. The van der Waals surface area contributed by atoms with Crippen molar-refractivity contribution in [1.82, 2.24) is 9.29 Å².